The van der Waals surface area contributed by atoms with Gasteiger partial charge in [-0.2, -0.15) is 0 Å². The Balaban J connectivity index is 1.49. The molecule has 2 aromatic rings. The zero-order chi connectivity index (χ0) is 18.6. The Hall–Kier alpha value is -1.99. The van der Waals surface area contributed by atoms with Crippen LogP contribution < -0.4 is 15.0 Å². The van der Waals surface area contributed by atoms with Crippen molar-refractivity contribution < 1.29 is 9.47 Å². The number of benzene rings is 1. The van der Waals surface area contributed by atoms with Crippen LogP contribution in [-0.2, 0) is 12.8 Å². The van der Waals surface area contributed by atoms with Gasteiger partial charge in [-0.05, 0) is 50.0 Å². The molecule has 0 atom stereocenters. The average molecular weight is 388 g/mol. The number of nitrogens with zero attached hydrogens (tertiary/aromatic N) is 2. The largest absolute Gasteiger partial charge is 0.454 e. The van der Waals surface area contributed by atoms with Crippen LogP contribution in [0.3, 0.4) is 0 Å². The second-order valence-electron chi connectivity index (χ2n) is 6.91. The van der Waals surface area contributed by atoms with E-state index in [4.69, 9.17) is 14.5 Å². The zero-order valence-electron chi connectivity index (χ0n) is 15.6. The molecule has 0 unspecified atom stereocenters. The Bertz CT molecular complexity index is 862. The van der Waals surface area contributed by atoms with Crippen LogP contribution in [0.4, 0.5) is 0 Å². The molecule has 1 saturated heterocycles. The summed E-state index contributed by atoms with van der Waals surface area (Å²) in [6.07, 6.45) is 3.87. The summed E-state index contributed by atoms with van der Waals surface area (Å²) in [6.45, 7) is 5.68. The normalized spacial score (nSPS) is 16.2. The highest BCUT2D eigenvalue weighted by molar-refractivity contribution is 7.99. The fourth-order valence-corrected chi connectivity index (χ4v) is 4.51. The van der Waals surface area contributed by atoms with Gasteiger partial charge in [0.05, 0.1) is 5.69 Å². The quantitative estimate of drug-likeness (QED) is 0.582. The van der Waals surface area contributed by atoms with Crippen LogP contribution in [-0.4, -0.2) is 47.0 Å². The van der Waals surface area contributed by atoms with Crippen molar-refractivity contribution in [2.45, 2.75) is 37.8 Å². The third kappa shape index (κ3) is 4.30. The van der Waals surface area contributed by atoms with Crippen molar-refractivity contribution in [3.05, 3.63) is 45.4 Å². The maximum Gasteiger partial charge on any atom is 0.254 e. The lowest BCUT2D eigenvalue weighted by Gasteiger charge is -2.14. The molecule has 0 amide bonds. The number of fused-ring (bicyclic) bond motifs is 1. The zero-order valence-corrected chi connectivity index (χ0v) is 16.4. The van der Waals surface area contributed by atoms with E-state index in [1.165, 1.54) is 25.9 Å². The number of hydrogen-bond donors (Lipinski definition) is 1. The van der Waals surface area contributed by atoms with Crippen LogP contribution in [0.1, 0.15) is 36.6 Å². The lowest BCUT2D eigenvalue weighted by Crippen LogP contribution is -2.22. The van der Waals surface area contributed by atoms with Gasteiger partial charge in [0, 0.05) is 24.3 Å². The second kappa shape index (κ2) is 8.35. The third-order valence-electron chi connectivity index (χ3n) is 5.09. The van der Waals surface area contributed by atoms with Gasteiger partial charge in [0.15, 0.2) is 16.7 Å². The molecule has 4 rings (SSSR count). The Morgan fingerprint density at radius 3 is 2.85 bits per heavy atom. The molecule has 0 bridgehead atoms. The first kappa shape index (κ1) is 18.4. The predicted octanol–water partition coefficient (Wildman–Crippen LogP) is 2.84. The number of thioether (sulfide) groups is 1. The highest BCUT2D eigenvalue weighted by Crippen LogP contribution is 2.33. The molecule has 7 heteroatoms. The van der Waals surface area contributed by atoms with Gasteiger partial charge >= 0.3 is 0 Å². The average Bonchev–Trinajstić information content (AvgIpc) is 3.33. The molecule has 1 aromatic carbocycles. The summed E-state index contributed by atoms with van der Waals surface area (Å²) in [7, 11) is 0. The molecular formula is C20H25N3O3S. The fraction of sp³-hybridized carbons (Fsp3) is 0.500. The van der Waals surface area contributed by atoms with Gasteiger partial charge in [0.1, 0.15) is 0 Å². The number of H-pyrrole nitrogens is 1. The highest BCUT2D eigenvalue weighted by atomic mass is 32.2. The second-order valence-corrected chi connectivity index (χ2v) is 8.00. The van der Waals surface area contributed by atoms with E-state index in [2.05, 4.69) is 9.88 Å². The number of nitrogens with one attached hydrogen (secondary N) is 1. The van der Waals surface area contributed by atoms with Crippen molar-refractivity contribution in [2.24, 2.45) is 0 Å². The number of rotatable bonds is 7. The van der Waals surface area contributed by atoms with Crippen LogP contribution in [0.5, 0.6) is 11.5 Å². The molecule has 0 radical (unpaired) electrons. The molecule has 3 heterocycles. The minimum atomic E-state index is -0.0214. The van der Waals surface area contributed by atoms with E-state index >= 15 is 0 Å². The standard InChI is InChI=1S/C20H25N3O3S/c1-2-15-16(11-14-5-6-17-18(12-14)26-13-25-17)21-20(22-19(15)24)27-10-9-23-7-3-4-8-23/h5-6,12H,2-4,7-11,13H2,1H3,(H,21,22,24). The van der Waals surface area contributed by atoms with E-state index < -0.39 is 0 Å². The van der Waals surface area contributed by atoms with Gasteiger partial charge in [-0.3, -0.25) is 4.79 Å². The van der Waals surface area contributed by atoms with Gasteiger partial charge in [-0.25, -0.2) is 4.98 Å². The van der Waals surface area contributed by atoms with Crippen molar-refractivity contribution in [1.82, 2.24) is 14.9 Å². The Morgan fingerprint density at radius 2 is 2.04 bits per heavy atom. The predicted molar refractivity (Wildman–Crippen MR) is 106 cm³/mol. The molecule has 6 nitrogen and oxygen atoms in total. The third-order valence-corrected chi connectivity index (χ3v) is 5.94. The van der Waals surface area contributed by atoms with Crippen LogP contribution in [0.2, 0.25) is 0 Å². The van der Waals surface area contributed by atoms with E-state index in [9.17, 15) is 4.79 Å². The van der Waals surface area contributed by atoms with Crippen LogP contribution in [0.15, 0.2) is 28.2 Å². The van der Waals surface area contributed by atoms with Crippen molar-refractivity contribution in [3.63, 3.8) is 0 Å². The highest BCUT2D eigenvalue weighted by Gasteiger charge is 2.16. The van der Waals surface area contributed by atoms with Gasteiger partial charge in [-0.1, -0.05) is 24.8 Å². The Kier molecular flexibility index (Phi) is 5.69. The summed E-state index contributed by atoms with van der Waals surface area (Å²) in [4.78, 5) is 22.7. The van der Waals surface area contributed by atoms with Gasteiger partial charge in [-0.15, -0.1) is 0 Å². The van der Waals surface area contributed by atoms with E-state index in [1.807, 2.05) is 25.1 Å². The first-order valence-electron chi connectivity index (χ1n) is 9.58. The van der Waals surface area contributed by atoms with E-state index in [0.29, 0.717) is 18.0 Å². The smallest absolute Gasteiger partial charge is 0.254 e. The SMILES string of the molecule is CCc1c(Cc2ccc3c(c2)OCO3)nc(SCCN2CCCC2)[nH]c1=O. The van der Waals surface area contributed by atoms with Gasteiger partial charge in [0.2, 0.25) is 6.79 Å². The fourth-order valence-electron chi connectivity index (χ4n) is 3.62. The summed E-state index contributed by atoms with van der Waals surface area (Å²) in [5.41, 5.74) is 2.66. The number of aromatic amines is 1. The van der Waals surface area contributed by atoms with E-state index in [-0.39, 0.29) is 12.4 Å². The molecule has 1 aromatic heterocycles. The summed E-state index contributed by atoms with van der Waals surface area (Å²) >= 11 is 1.63. The van der Waals surface area contributed by atoms with Crippen molar-refractivity contribution >= 4 is 11.8 Å². The van der Waals surface area contributed by atoms with Crippen molar-refractivity contribution in [3.8, 4) is 11.5 Å². The van der Waals surface area contributed by atoms with Crippen LogP contribution in [0.25, 0.3) is 0 Å². The molecular weight excluding hydrogens is 362 g/mol. The number of ether oxygens (including phenoxy) is 2. The number of aromatic nitrogens is 2. The Labute approximate surface area is 163 Å². The van der Waals surface area contributed by atoms with Crippen LogP contribution in [0, 0.1) is 0 Å². The summed E-state index contributed by atoms with van der Waals surface area (Å²) in [5.74, 6) is 2.47. The van der Waals surface area contributed by atoms with Crippen LogP contribution >= 0.6 is 11.8 Å². The lowest BCUT2D eigenvalue weighted by molar-refractivity contribution is 0.174. The molecule has 0 spiro atoms. The first-order chi connectivity index (χ1) is 13.2. The van der Waals surface area contributed by atoms with Gasteiger partial charge in [0.25, 0.3) is 5.56 Å². The molecule has 0 aliphatic carbocycles. The van der Waals surface area contributed by atoms with Crippen molar-refractivity contribution in [2.75, 3.05) is 32.2 Å². The maximum absolute atomic E-state index is 12.5. The molecule has 0 saturated carbocycles. The molecule has 144 valence electrons. The first-order valence-corrected chi connectivity index (χ1v) is 10.6. The van der Waals surface area contributed by atoms with Gasteiger partial charge < -0.3 is 19.4 Å². The minimum Gasteiger partial charge on any atom is -0.454 e. The summed E-state index contributed by atoms with van der Waals surface area (Å²) in [6, 6.07) is 5.91. The molecule has 27 heavy (non-hydrogen) atoms. The van der Waals surface area contributed by atoms with E-state index in [1.54, 1.807) is 11.8 Å². The van der Waals surface area contributed by atoms with E-state index in [0.717, 1.165) is 40.6 Å². The molecule has 1 fully saturated rings. The maximum atomic E-state index is 12.5. The Morgan fingerprint density at radius 1 is 1.22 bits per heavy atom. The topological polar surface area (TPSA) is 67.5 Å². The molecule has 1 N–H and O–H groups in total. The number of hydrogen-bond acceptors (Lipinski definition) is 6. The lowest BCUT2D eigenvalue weighted by atomic mass is 10.0. The summed E-state index contributed by atoms with van der Waals surface area (Å²) in [5, 5.41) is 0.715. The minimum absolute atomic E-state index is 0.0214. The summed E-state index contributed by atoms with van der Waals surface area (Å²) < 4.78 is 10.8. The number of likely N-dealkylation sites (tertiary alicyclic amines) is 1. The monoisotopic (exact) mass is 387 g/mol. The molecule has 2 aliphatic heterocycles. The molecule has 2 aliphatic rings. The van der Waals surface area contributed by atoms with Crippen molar-refractivity contribution in [1.29, 1.82) is 0 Å².